The third kappa shape index (κ3) is 7.52. The van der Waals surface area contributed by atoms with Gasteiger partial charge in [0.1, 0.15) is 6.04 Å². The first kappa shape index (κ1) is 11.4. The summed E-state index contributed by atoms with van der Waals surface area (Å²) in [6.45, 7) is 3.27. The predicted molar refractivity (Wildman–Crippen MR) is 48.5 cm³/mol. The highest BCUT2D eigenvalue weighted by Crippen LogP contribution is 1.98. The predicted octanol–water partition coefficient (Wildman–Crippen LogP) is 1.43. The highest BCUT2D eigenvalue weighted by atomic mass is 16.5. The van der Waals surface area contributed by atoms with E-state index in [1.54, 1.807) is 0 Å². The molecule has 3 nitrogen and oxygen atoms in total. The van der Waals surface area contributed by atoms with Crippen molar-refractivity contribution in [2.75, 3.05) is 13.2 Å². The van der Waals surface area contributed by atoms with Gasteiger partial charge in [0.2, 0.25) is 0 Å². The average molecular weight is 170 g/mol. The van der Waals surface area contributed by atoms with Gasteiger partial charge < -0.3 is 10.5 Å². The minimum absolute atomic E-state index is 0.364. The van der Waals surface area contributed by atoms with Crippen LogP contribution in [0.3, 0.4) is 0 Å². The lowest BCUT2D eigenvalue weighted by molar-refractivity contribution is 0.126. The molecule has 0 saturated heterocycles. The van der Waals surface area contributed by atoms with E-state index in [9.17, 15) is 0 Å². The Hall–Kier alpha value is -0.590. The number of hydrogen-bond acceptors (Lipinski definition) is 3. The van der Waals surface area contributed by atoms with E-state index in [4.69, 9.17) is 15.7 Å². The van der Waals surface area contributed by atoms with Gasteiger partial charge in [0, 0.05) is 6.61 Å². The van der Waals surface area contributed by atoms with Crippen LogP contribution in [0.5, 0.6) is 0 Å². The van der Waals surface area contributed by atoms with Crippen LogP contribution in [-0.2, 0) is 4.74 Å². The van der Waals surface area contributed by atoms with Crippen molar-refractivity contribution in [2.45, 2.75) is 38.6 Å². The first-order chi connectivity index (χ1) is 5.81. The van der Waals surface area contributed by atoms with Crippen molar-refractivity contribution in [3.8, 4) is 6.07 Å². The summed E-state index contributed by atoms with van der Waals surface area (Å²) in [5, 5.41) is 8.32. The number of hydrogen-bond donors (Lipinski definition) is 1. The Kier molecular flexibility index (Phi) is 8.09. The molecule has 0 aliphatic heterocycles. The van der Waals surface area contributed by atoms with Crippen LogP contribution in [0.1, 0.15) is 32.6 Å². The third-order valence-electron chi connectivity index (χ3n) is 1.61. The van der Waals surface area contributed by atoms with E-state index >= 15 is 0 Å². The topological polar surface area (TPSA) is 59.0 Å². The van der Waals surface area contributed by atoms with E-state index < -0.39 is 6.04 Å². The van der Waals surface area contributed by atoms with Crippen molar-refractivity contribution >= 4 is 0 Å². The molecule has 0 bridgehead atoms. The van der Waals surface area contributed by atoms with Gasteiger partial charge in [0.15, 0.2) is 0 Å². The molecule has 12 heavy (non-hydrogen) atoms. The maximum atomic E-state index is 8.32. The molecule has 0 radical (unpaired) electrons. The van der Waals surface area contributed by atoms with E-state index in [2.05, 4.69) is 6.92 Å². The highest BCUT2D eigenvalue weighted by molar-refractivity contribution is 4.85. The zero-order chi connectivity index (χ0) is 9.23. The molecule has 0 aromatic carbocycles. The summed E-state index contributed by atoms with van der Waals surface area (Å²) in [6, 6.07) is 1.46. The Morgan fingerprint density at radius 2 is 2.17 bits per heavy atom. The molecule has 0 aliphatic carbocycles. The maximum Gasteiger partial charge on any atom is 0.116 e. The lowest BCUT2D eigenvalue weighted by atomic mass is 10.2. The fourth-order valence-corrected chi connectivity index (χ4v) is 0.878. The van der Waals surface area contributed by atoms with Gasteiger partial charge in [-0.1, -0.05) is 26.2 Å². The second-order valence-corrected chi connectivity index (χ2v) is 2.87. The zero-order valence-electron chi connectivity index (χ0n) is 7.75. The van der Waals surface area contributed by atoms with Crippen LogP contribution in [-0.4, -0.2) is 19.3 Å². The Balaban J connectivity index is 2.96. The van der Waals surface area contributed by atoms with Crippen LogP contribution in [0.25, 0.3) is 0 Å². The third-order valence-corrected chi connectivity index (χ3v) is 1.61. The van der Waals surface area contributed by atoms with Crippen LogP contribution in [0.15, 0.2) is 0 Å². The summed E-state index contributed by atoms with van der Waals surface area (Å²) in [5.41, 5.74) is 5.33. The summed E-state index contributed by atoms with van der Waals surface area (Å²) >= 11 is 0. The molecule has 3 heteroatoms. The van der Waals surface area contributed by atoms with Crippen LogP contribution in [0, 0.1) is 11.3 Å². The minimum atomic E-state index is -0.462. The molecule has 1 unspecified atom stereocenters. The van der Waals surface area contributed by atoms with Gasteiger partial charge in [-0.2, -0.15) is 5.26 Å². The molecule has 1 atom stereocenters. The van der Waals surface area contributed by atoms with Gasteiger partial charge in [-0.15, -0.1) is 0 Å². The second-order valence-electron chi connectivity index (χ2n) is 2.87. The van der Waals surface area contributed by atoms with Gasteiger partial charge in [-0.25, -0.2) is 0 Å². The van der Waals surface area contributed by atoms with Crippen LogP contribution in [0.4, 0.5) is 0 Å². The Labute approximate surface area is 74.5 Å². The fraction of sp³-hybridized carbons (Fsp3) is 0.889. The van der Waals surface area contributed by atoms with Gasteiger partial charge in [-0.05, 0) is 6.42 Å². The lowest BCUT2D eigenvalue weighted by Crippen LogP contribution is -2.24. The average Bonchev–Trinajstić information content (AvgIpc) is 2.10. The number of ether oxygens (including phenoxy) is 1. The van der Waals surface area contributed by atoms with E-state index in [0.717, 1.165) is 13.0 Å². The molecule has 0 aliphatic rings. The quantitative estimate of drug-likeness (QED) is 0.588. The van der Waals surface area contributed by atoms with Gasteiger partial charge in [0.05, 0.1) is 12.7 Å². The van der Waals surface area contributed by atoms with Gasteiger partial charge in [-0.3, -0.25) is 0 Å². The van der Waals surface area contributed by atoms with Crippen LogP contribution in [0.2, 0.25) is 0 Å². The molecular formula is C9H18N2O. The van der Waals surface area contributed by atoms with E-state index in [1.807, 2.05) is 6.07 Å². The summed E-state index contributed by atoms with van der Waals surface area (Å²) in [5.74, 6) is 0. The molecule has 0 heterocycles. The molecule has 0 fully saturated rings. The van der Waals surface area contributed by atoms with Crippen molar-refractivity contribution in [3.05, 3.63) is 0 Å². The summed E-state index contributed by atoms with van der Waals surface area (Å²) in [7, 11) is 0. The fourth-order valence-electron chi connectivity index (χ4n) is 0.878. The highest BCUT2D eigenvalue weighted by Gasteiger charge is 1.97. The van der Waals surface area contributed by atoms with E-state index in [0.29, 0.717) is 6.61 Å². The Bertz CT molecular complexity index is 131. The monoisotopic (exact) mass is 170 g/mol. The number of nitrogens with zero attached hydrogens (tertiary/aromatic N) is 1. The molecule has 0 rings (SSSR count). The number of nitrogens with two attached hydrogens (primary N) is 1. The summed E-state index contributed by atoms with van der Waals surface area (Å²) in [4.78, 5) is 0. The number of rotatable bonds is 7. The normalized spacial score (nSPS) is 12.4. The Morgan fingerprint density at radius 1 is 1.42 bits per heavy atom. The molecule has 2 N–H and O–H groups in total. The number of nitriles is 1. The molecule has 0 aromatic rings. The molecule has 0 spiro atoms. The standard InChI is InChI=1S/C9H18N2O/c1-2-3-4-5-6-12-8-9(11)7-10/h9H,2-6,8,11H2,1H3. The molecular weight excluding hydrogens is 152 g/mol. The van der Waals surface area contributed by atoms with Crippen LogP contribution >= 0.6 is 0 Å². The maximum absolute atomic E-state index is 8.32. The van der Waals surface area contributed by atoms with E-state index in [-0.39, 0.29) is 0 Å². The number of unbranched alkanes of at least 4 members (excludes halogenated alkanes) is 3. The minimum Gasteiger partial charge on any atom is -0.379 e. The summed E-state index contributed by atoms with van der Waals surface area (Å²) in [6.07, 6.45) is 4.77. The zero-order valence-corrected chi connectivity index (χ0v) is 7.75. The van der Waals surface area contributed by atoms with E-state index in [1.165, 1.54) is 19.3 Å². The van der Waals surface area contributed by atoms with Gasteiger partial charge >= 0.3 is 0 Å². The Morgan fingerprint density at radius 3 is 2.75 bits per heavy atom. The summed E-state index contributed by atoms with van der Waals surface area (Å²) < 4.78 is 5.19. The first-order valence-electron chi connectivity index (χ1n) is 4.54. The van der Waals surface area contributed by atoms with Crippen molar-refractivity contribution in [1.29, 1.82) is 5.26 Å². The van der Waals surface area contributed by atoms with Crippen molar-refractivity contribution in [2.24, 2.45) is 5.73 Å². The van der Waals surface area contributed by atoms with Crippen molar-refractivity contribution < 1.29 is 4.74 Å². The molecule has 0 saturated carbocycles. The van der Waals surface area contributed by atoms with Crippen molar-refractivity contribution in [3.63, 3.8) is 0 Å². The van der Waals surface area contributed by atoms with Gasteiger partial charge in [0.25, 0.3) is 0 Å². The lowest BCUT2D eigenvalue weighted by Gasteiger charge is -2.04. The SMILES string of the molecule is CCCCCCOCC(N)C#N. The second kappa shape index (κ2) is 8.51. The molecule has 0 aromatic heterocycles. The van der Waals surface area contributed by atoms with Crippen molar-refractivity contribution in [1.82, 2.24) is 0 Å². The smallest absolute Gasteiger partial charge is 0.116 e. The largest absolute Gasteiger partial charge is 0.379 e. The molecule has 70 valence electrons. The molecule has 0 amide bonds. The first-order valence-corrected chi connectivity index (χ1v) is 4.54. The van der Waals surface area contributed by atoms with Crippen LogP contribution < -0.4 is 5.73 Å².